The molecule has 2 rings (SSSR count). The van der Waals surface area contributed by atoms with Gasteiger partial charge < -0.3 is 36.4 Å². The number of primary amides is 1. The number of aliphatic hydroxyl groups excluding tert-OH is 1. The Hall–Kier alpha value is -4.12. The number of hydrogen-bond donors (Lipinski definition) is 5. The number of carbonyl (C=O) groups is 4. The van der Waals surface area contributed by atoms with Crippen LogP contribution in [0.25, 0.3) is 0 Å². The van der Waals surface area contributed by atoms with E-state index in [9.17, 15) is 24.3 Å². The summed E-state index contributed by atoms with van der Waals surface area (Å²) in [5.74, 6) is -1.11. The molecule has 43 heavy (non-hydrogen) atoms. The summed E-state index contributed by atoms with van der Waals surface area (Å²) in [6, 6.07) is 15.7. The normalized spacial score (nSPS) is 13.4. The number of alkyl carbamates (subject to hydrolysis) is 1. The number of amides is 5. The zero-order valence-corrected chi connectivity index (χ0v) is 25.8. The second kappa shape index (κ2) is 17.1. The summed E-state index contributed by atoms with van der Waals surface area (Å²) in [7, 11) is 0. The Morgan fingerprint density at radius 2 is 1.51 bits per heavy atom. The van der Waals surface area contributed by atoms with Crippen LogP contribution in [-0.2, 0) is 27.4 Å². The maximum atomic E-state index is 13.4. The molecule has 0 aromatic heterocycles. The lowest BCUT2D eigenvalue weighted by Gasteiger charge is -2.39. The van der Waals surface area contributed by atoms with Gasteiger partial charge in [0.25, 0.3) is 0 Å². The highest BCUT2D eigenvalue weighted by Crippen LogP contribution is 2.17. The van der Waals surface area contributed by atoms with Crippen LogP contribution in [0.15, 0.2) is 60.7 Å². The fourth-order valence-electron chi connectivity index (χ4n) is 4.29. The lowest BCUT2D eigenvalue weighted by Crippen LogP contribution is -2.59. The standard InChI is InChI=1S/C32H47N5O6/c1-22(2)16-17-34-30(41)37(32(3,4)5)20-27(38)25(18-23-12-8-6-9-13-23)35-29(40)26(19-28(33)39)36-31(42)43-21-24-14-10-7-11-15-24/h6-15,22,25-27,38H,16-21H2,1-5H3,(H2,33,39)(H,34,41)(H,35,40)(H,36,42)/t25-,26-,27+/m0/s1. The van der Waals surface area contributed by atoms with Crippen LogP contribution in [0.5, 0.6) is 0 Å². The third-order valence-corrected chi connectivity index (χ3v) is 6.74. The van der Waals surface area contributed by atoms with Crippen LogP contribution in [0.3, 0.4) is 0 Å². The third-order valence-electron chi connectivity index (χ3n) is 6.74. The van der Waals surface area contributed by atoms with Crippen molar-refractivity contribution < 1.29 is 29.0 Å². The van der Waals surface area contributed by atoms with E-state index < -0.39 is 48.1 Å². The van der Waals surface area contributed by atoms with E-state index in [4.69, 9.17) is 10.5 Å². The molecule has 2 aromatic carbocycles. The second-order valence-electron chi connectivity index (χ2n) is 12.0. The topological polar surface area (TPSA) is 163 Å². The molecule has 11 nitrogen and oxygen atoms in total. The minimum Gasteiger partial charge on any atom is -0.445 e. The summed E-state index contributed by atoms with van der Waals surface area (Å²) in [6.07, 6.45) is -1.54. The van der Waals surface area contributed by atoms with E-state index in [0.717, 1.165) is 17.5 Å². The molecule has 5 amide bonds. The van der Waals surface area contributed by atoms with Gasteiger partial charge >= 0.3 is 12.1 Å². The highest BCUT2D eigenvalue weighted by atomic mass is 16.5. The molecule has 0 saturated heterocycles. The van der Waals surface area contributed by atoms with Crippen molar-refractivity contribution in [3.63, 3.8) is 0 Å². The summed E-state index contributed by atoms with van der Waals surface area (Å²) in [5.41, 5.74) is 6.32. The van der Waals surface area contributed by atoms with Crippen molar-refractivity contribution in [1.82, 2.24) is 20.9 Å². The van der Waals surface area contributed by atoms with Gasteiger partial charge in [-0.3, -0.25) is 9.59 Å². The summed E-state index contributed by atoms with van der Waals surface area (Å²) in [5, 5.41) is 19.5. The number of carbonyl (C=O) groups excluding carboxylic acids is 4. The Morgan fingerprint density at radius 1 is 0.930 bits per heavy atom. The molecule has 0 radical (unpaired) electrons. The number of nitrogens with two attached hydrogens (primary N) is 1. The van der Waals surface area contributed by atoms with Crippen molar-refractivity contribution in [3.05, 3.63) is 71.8 Å². The first-order chi connectivity index (χ1) is 20.3. The summed E-state index contributed by atoms with van der Waals surface area (Å²) in [6.45, 7) is 10.1. The van der Waals surface area contributed by atoms with Gasteiger partial charge in [0.15, 0.2) is 0 Å². The molecule has 0 aliphatic heterocycles. The molecule has 236 valence electrons. The number of rotatable bonds is 15. The maximum absolute atomic E-state index is 13.4. The number of β-amino-alcohol motifs (C(OH)–C–C–N with tert-alkyl or cyclic N) is 1. The fraction of sp³-hybridized carbons (Fsp3) is 0.500. The van der Waals surface area contributed by atoms with Crippen LogP contribution in [0.4, 0.5) is 9.59 Å². The number of nitrogens with one attached hydrogen (secondary N) is 3. The van der Waals surface area contributed by atoms with E-state index in [1.54, 1.807) is 24.3 Å². The molecule has 2 aromatic rings. The Labute approximate surface area is 254 Å². The average molecular weight is 598 g/mol. The Kier molecular flexibility index (Phi) is 14.0. The van der Waals surface area contributed by atoms with Crippen molar-refractivity contribution >= 4 is 23.9 Å². The van der Waals surface area contributed by atoms with E-state index >= 15 is 0 Å². The molecule has 3 atom stereocenters. The molecule has 0 spiro atoms. The molecule has 0 bridgehead atoms. The number of nitrogens with zero attached hydrogens (tertiary/aromatic N) is 1. The monoisotopic (exact) mass is 597 g/mol. The molecular formula is C32H47N5O6. The van der Waals surface area contributed by atoms with Crippen LogP contribution in [0.2, 0.25) is 0 Å². The first-order valence-corrected chi connectivity index (χ1v) is 14.6. The van der Waals surface area contributed by atoms with Crippen molar-refractivity contribution in [2.24, 2.45) is 11.7 Å². The molecule has 6 N–H and O–H groups in total. The van der Waals surface area contributed by atoms with Crippen molar-refractivity contribution in [1.29, 1.82) is 0 Å². The molecule has 11 heteroatoms. The first-order valence-electron chi connectivity index (χ1n) is 14.6. The predicted octanol–water partition coefficient (Wildman–Crippen LogP) is 3.10. The van der Waals surface area contributed by atoms with E-state index in [1.807, 2.05) is 57.2 Å². The molecule has 0 aliphatic rings. The van der Waals surface area contributed by atoms with Gasteiger partial charge in [0.2, 0.25) is 11.8 Å². The van der Waals surface area contributed by atoms with Crippen LogP contribution in [-0.4, -0.2) is 70.8 Å². The van der Waals surface area contributed by atoms with Gasteiger partial charge in [-0.25, -0.2) is 9.59 Å². The molecule has 0 heterocycles. The van der Waals surface area contributed by atoms with Crippen LogP contribution in [0, 0.1) is 5.92 Å². The zero-order valence-electron chi connectivity index (χ0n) is 25.8. The second-order valence-corrected chi connectivity index (χ2v) is 12.0. The van der Waals surface area contributed by atoms with Crippen LogP contribution < -0.4 is 21.7 Å². The third kappa shape index (κ3) is 13.2. The lowest BCUT2D eigenvalue weighted by molar-refractivity contribution is -0.128. The quantitative estimate of drug-likeness (QED) is 0.212. The summed E-state index contributed by atoms with van der Waals surface area (Å²) >= 11 is 0. The van der Waals surface area contributed by atoms with E-state index in [-0.39, 0.29) is 25.6 Å². The highest BCUT2D eigenvalue weighted by Gasteiger charge is 2.34. The van der Waals surface area contributed by atoms with Gasteiger partial charge in [-0.15, -0.1) is 0 Å². The van der Waals surface area contributed by atoms with Gasteiger partial charge in [-0.05, 0) is 50.7 Å². The fourth-order valence-corrected chi connectivity index (χ4v) is 4.29. The molecular weight excluding hydrogens is 550 g/mol. The Morgan fingerprint density at radius 3 is 2.05 bits per heavy atom. The van der Waals surface area contributed by atoms with Gasteiger partial charge in [0.05, 0.1) is 25.1 Å². The minimum absolute atomic E-state index is 0.0329. The highest BCUT2D eigenvalue weighted by molar-refractivity contribution is 5.90. The maximum Gasteiger partial charge on any atom is 0.408 e. The Balaban J connectivity index is 2.21. The molecule has 0 unspecified atom stereocenters. The van der Waals surface area contributed by atoms with E-state index in [1.165, 1.54) is 4.90 Å². The number of benzene rings is 2. The van der Waals surface area contributed by atoms with Crippen molar-refractivity contribution in [2.75, 3.05) is 13.1 Å². The van der Waals surface area contributed by atoms with Gasteiger partial charge in [-0.2, -0.15) is 0 Å². The van der Waals surface area contributed by atoms with Gasteiger partial charge in [0, 0.05) is 12.1 Å². The largest absolute Gasteiger partial charge is 0.445 e. The SMILES string of the molecule is CC(C)CCNC(=O)N(C[C@@H](O)[C@H](Cc1ccccc1)NC(=O)[C@H](CC(N)=O)NC(=O)OCc1ccccc1)C(C)(C)C. The number of ether oxygens (including phenoxy) is 1. The average Bonchev–Trinajstić information content (AvgIpc) is 2.94. The first kappa shape index (κ1) is 35.1. The number of hydrogen-bond acceptors (Lipinski definition) is 6. The lowest BCUT2D eigenvalue weighted by atomic mass is 9.98. The van der Waals surface area contributed by atoms with E-state index in [0.29, 0.717) is 12.5 Å². The summed E-state index contributed by atoms with van der Waals surface area (Å²) in [4.78, 5) is 52.4. The van der Waals surface area contributed by atoms with Gasteiger partial charge in [0.1, 0.15) is 12.6 Å². The summed E-state index contributed by atoms with van der Waals surface area (Å²) < 4.78 is 5.22. The predicted molar refractivity (Wildman–Crippen MR) is 165 cm³/mol. The van der Waals surface area contributed by atoms with Crippen LogP contribution in [0.1, 0.15) is 58.6 Å². The number of aliphatic hydroxyl groups is 1. The smallest absolute Gasteiger partial charge is 0.408 e. The van der Waals surface area contributed by atoms with Crippen molar-refractivity contribution in [3.8, 4) is 0 Å². The molecule has 0 fully saturated rings. The van der Waals surface area contributed by atoms with Crippen molar-refractivity contribution in [2.45, 2.75) is 84.2 Å². The minimum atomic E-state index is -1.34. The molecule has 0 aliphatic carbocycles. The van der Waals surface area contributed by atoms with Gasteiger partial charge in [-0.1, -0.05) is 74.5 Å². The zero-order chi connectivity index (χ0) is 32.0. The molecule has 0 saturated carbocycles. The van der Waals surface area contributed by atoms with Crippen LogP contribution >= 0.6 is 0 Å². The van der Waals surface area contributed by atoms with E-state index in [2.05, 4.69) is 29.8 Å². The number of urea groups is 1. The Bertz CT molecular complexity index is 1170.